The summed E-state index contributed by atoms with van der Waals surface area (Å²) in [5, 5.41) is 0.0533. The number of rotatable bonds is 7. The van der Waals surface area contributed by atoms with Crippen LogP contribution in [0.5, 0.6) is 0 Å². The van der Waals surface area contributed by atoms with E-state index in [1.807, 2.05) is 41.8 Å². The van der Waals surface area contributed by atoms with E-state index in [2.05, 4.69) is 4.98 Å². The molecule has 31 heavy (non-hydrogen) atoms. The normalized spacial score (nSPS) is 16.4. The molecular formula is C22H26N4O3S2. The maximum absolute atomic E-state index is 13.1. The molecule has 0 radical (unpaired) electrons. The SMILES string of the molecule is CCn1c(SC(C(N)=O)c2ccccc2)nc2cc(S(=O)(=O)N3CCCCC3)ccc21. The van der Waals surface area contributed by atoms with Crippen molar-refractivity contribution in [2.45, 2.75) is 48.0 Å². The topological polar surface area (TPSA) is 98.3 Å². The minimum atomic E-state index is -3.54. The summed E-state index contributed by atoms with van der Waals surface area (Å²) >= 11 is 1.29. The largest absolute Gasteiger partial charge is 0.368 e. The van der Waals surface area contributed by atoms with Crippen molar-refractivity contribution in [3.05, 3.63) is 54.1 Å². The molecule has 0 saturated carbocycles. The fourth-order valence-electron chi connectivity index (χ4n) is 3.92. The second-order valence-corrected chi connectivity index (χ2v) is 10.6. The van der Waals surface area contributed by atoms with Crippen LogP contribution in [0.25, 0.3) is 11.0 Å². The van der Waals surface area contributed by atoms with E-state index in [9.17, 15) is 13.2 Å². The van der Waals surface area contributed by atoms with Crippen molar-refractivity contribution in [3.63, 3.8) is 0 Å². The van der Waals surface area contributed by atoms with E-state index in [-0.39, 0.29) is 4.90 Å². The summed E-state index contributed by atoms with van der Waals surface area (Å²) in [4.78, 5) is 17.1. The smallest absolute Gasteiger partial charge is 0.243 e. The predicted molar refractivity (Wildman–Crippen MR) is 122 cm³/mol. The van der Waals surface area contributed by atoms with E-state index < -0.39 is 21.2 Å². The number of imidazole rings is 1. The third-order valence-electron chi connectivity index (χ3n) is 5.54. The van der Waals surface area contributed by atoms with Crippen LogP contribution in [0.15, 0.2) is 58.6 Å². The van der Waals surface area contributed by atoms with E-state index in [1.54, 1.807) is 22.5 Å². The van der Waals surface area contributed by atoms with Crippen LogP contribution < -0.4 is 5.73 Å². The molecule has 2 heterocycles. The number of fused-ring (bicyclic) bond motifs is 1. The number of thioether (sulfide) groups is 1. The Bertz CT molecular complexity index is 1190. The fourth-order valence-corrected chi connectivity index (χ4v) is 6.59. The van der Waals surface area contributed by atoms with Crippen LogP contribution in [-0.2, 0) is 21.4 Å². The molecule has 164 valence electrons. The maximum atomic E-state index is 13.1. The van der Waals surface area contributed by atoms with Crippen LogP contribution >= 0.6 is 11.8 Å². The first-order valence-electron chi connectivity index (χ1n) is 10.4. The Morgan fingerprint density at radius 3 is 2.48 bits per heavy atom. The number of carbonyl (C=O) groups excluding carboxylic acids is 1. The number of sulfonamides is 1. The third kappa shape index (κ3) is 4.35. The molecule has 0 aliphatic carbocycles. The molecule has 2 N–H and O–H groups in total. The summed E-state index contributed by atoms with van der Waals surface area (Å²) in [5.74, 6) is -0.445. The first-order valence-corrected chi connectivity index (χ1v) is 12.7. The Hall–Kier alpha value is -2.36. The molecule has 7 nitrogen and oxygen atoms in total. The molecular weight excluding hydrogens is 432 g/mol. The summed E-state index contributed by atoms with van der Waals surface area (Å²) in [6.45, 7) is 3.74. The second kappa shape index (κ2) is 9.02. The molecule has 9 heteroatoms. The highest BCUT2D eigenvalue weighted by atomic mass is 32.2. The van der Waals surface area contributed by atoms with Gasteiger partial charge < -0.3 is 10.3 Å². The first kappa shape index (κ1) is 21.9. The number of amides is 1. The van der Waals surface area contributed by atoms with Crippen molar-refractivity contribution < 1.29 is 13.2 Å². The van der Waals surface area contributed by atoms with E-state index in [1.165, 1.54) is 11.8 Å². The van der Waals surface area contributed by atoms with Gasteiger partial charge in [0, 0.05) is 19.6 Å². The molecule has 1 atom stereocenters. The number of nitrogens with zero attached hydrogens (tertiary/aromatic N) is 3. The number of piperidine rings is 1. The van der Waals surface area contributed by atoms with Gasteiger partial charge in [0.2, 0.25) is 15.9 Å². The van der Waals surface area contributed by atoms with Crippen LogP contribution in [-0.4, -0.2) is 41.3 Å². The molecule has 1 unspecified atom stereocenters. The Labute approximate surface area is 186 Å². The van der Waals surface area contributed by atoms with Gasteiger partial charge in [-0.3, -0.25) is 4.79 Å². The zero-order valence-corrected chi connectivity index (χ0v) is 19.0. The zero-order chi connectivity index (χ0) is 22.0. The predicted octanol–water partition coefficient (Wildman–Crippen LogP) is 3.55. The van der Waals surface area contributed by atoms with E-state index in [0.29, 0.717) is 30.3 Å². The number of nitrogens with two attached hydrogens (primary N) is 1. The lowest BCUT2D eigenvalue weighted by atomic mass is 10.1. The number of primary amides is 1. The number of benzene rings is 2. The van der Waals surface area contributed by atoms with Crippen molar-refractivity contribution >= 4 is 38.7 Å². The molecule has 1 fully saturated rings. The number of hydrogen-bond acceptors (Lipinski definition) is 5. The molecule has 1 saturated heterocycles. The molecule has 0 bridgehead atoms. The first-order chi connectivity index (χ1) is 14.9. The lowest BCUT2D eigenvalue weighted by molar-refractivity contribution is -0.117. The van der Waals surface area contributed by atoms with Crippen molar-refractivity contribution in [1.29, 1.82) is 0 Å². The second-order valence-electron chi connectivity index (χ2n) is 7.56. The average Bonchev–Trinajstić information content (AvgIpc) is 3.14. The Morgan fingerprint density at radius 1 is 1.13 bits per heavy atom. The van der Waals surface area contributed by atoms with Gasteiger partial charge in [-0.15, -0.1) is 0 Å². The van der Waals surface area contributed by atoms with Gasteiger partial charge >= 0.3 is 0 Å². The summed E-state index contributed by atoms with van der Waals surface area (Å²) < 4.78 is 29.7. The number of aromatic nitrogens is 2. The van der Waals surface area contributed by atoms with Crippen LogP contribution in [0.4, 0.5) is 0 Å². The standard InChI is InChI=1S/C22H26N4O3S2/c1-2-26-19-12-11-17(31(28,29)25-13-7-4-8-14-25)15-18(19)24-22(26)30-20(21(23)27)16-9-5-3-6-10-16/h3,5-6,9-12,15,20H,2,4,7-8,13-14H2,1H3,(H2,23,27). The Kier molecular flexibility index (Phi) is 6.36. The van der Waals surface area contributed by atoms with Crippen molar-refractivity contribution in [1.82, 2.24) is 13.9 Å². The fraction of sp³-hybridized carbons (Fsp3) is 0.364. The van der Waals surface area contributed by atoms with Crippen molar-refractivity contribution in [3.8, 4) is 0 Å². The van der Waals surface area contributed by atoms with E-state index in [4.69, 9.17) is 5.73 Å². The van der Waals surface area contributed by atoms with Crippen molar-refractivity contribution in [2.24, 2.45) is 5.73 Å². The maximum Gasteiger partial charge on any atom is 0.243 e. The minimum Gasteiger partial charge on any atom is -0.368 e. The Balaban J connectivity index is 1.71. The molecule has 2 aromatic carbocycles. The van der Waals surface area contributed by atoms with Gasteiger partial charge in [0.1, 0.15) is 5.25 Å². The molecule has 1 aliphatic rings. The van der Waals surface area contributed by atoms with Gasteiger partial charge in [0.15, 0.2) is 5.16 Å². The van der Waals surface area contributed by atoms with E-state index >= 15 is 0 Å². The highest BCUT2D eigenvalue weighted by Crippen LogP contribution is 2.36. The molecule has 4 rings (SSSR count). The lowest BCUT2D eigenvalue weighted by Crippen LogP contribution is -2.35. The van der Waals surface area contributed by atoms with Crippen molar-refractivity contribution in [2.75, 3.05) is 13.1 Å². The average molecular weight is 459 g/mol. The van der Waals surface area contributed by atoms with Gasteiger partial charge in [-0.25, -0.2) is 13.4 Å². The third-order valence-corrected chi connectivity index (χ3v) is 8.70. The summed E-state index contributed by atoms with van der Waals surface area (Å²) in [6, 6.07) is 14.4. The number of aryl methyl sites for hydroxylation is 1. The van der Waals surface area contributed by atoms with Gasteiger partial charge in [0.05, 0.1) is 15.9 Å². The van der Waals surface area contributed by atoms with Crippen LogP contribution in [0, 0.1) is 0 Å². The molecule has 1 aliphatic heterocycles. The van der Waals surface area contributed by atoms with Crippen LogP contribution in [0.2, 0.25) is 0 Å². The molecule has 3 aromatic rings. The lowest BCUT2D eigenvalue weighted by Gasteiger charge is -2.25. The molecule has 1 amide bonds. The number of hydrogen-bond donors (Lipinski definition) is 1. The highest BCUT2D eigenvalue weighted by molar-refractivity contribution is 8.00. The van der Waals surface area contributed by atoms with E-state index in [0.717, 1.165) is 30.3 Å². The monoisotopic (exact) mass is 458 g/mol. The van der Waals surface area contributed by atoms with Gasteiger partial charge in [-0.1, -0.05) is 48.5 Å². The summed E-state index contributed by atoms with van der Waals surface area (Å²) in [5.41, 5.74) is 7.92. The summed E-state index contributed by atoms with van der Waals surface area (Å²) in [7, 11) is -3.54. The zero-order valence-electron chi connectivity index (χ0n) is 17.4. The quantitative estimate of drug-likeness (QED) is 0.546. The minimum absolute atomic E-state index is 0.258. The van der Waals surface area contributed by atoms with Crippen LogP contribution in [0.3, 0.4) is 0 Å². The van der Waals surface area contributed by atoms with Gasteiger partial charge in [0.25, 0.3) is 0 Å². The van der Waals surface area contributed by atoms with Crippen LogP contribution in [0.1, 0.15) is 37.0 Å². The van der Waals surface area contributed by atoms with Gasteiger partial charge in [-0.05, 0) is 43.5 Å². The molecule has 1 aromatic heterocycles. The highest BCUT2D eigenvalue weighted by Gasteiger charge is 2.27. The Morgan fingerprint density at radius 2 is 1.84 bits per heavy atom. The van der Waals surface area contributed by atoms with Gasteiger partial charge in [-0.2, -0.15) is 4.31 Å². The summed E-state index contributed by atoms with van der Waals surface area (Å²) in [6.07, 6.45) is 2.84. The molecule has 0 spiro atoms. The number of carbonyl (C=O) groups is 1.